The number of amides is 1. The van der Waals surface area contributed by atoms with Gasteiger partial charge in [0.2, 0.25) is 0 Å². The highest BCUT2D eigenvalue weighted by Crippen LogP contribution is 2.27. The van der Waals surface area contributed by atoms with Crippen molar-refractivity contribution in [2.24, 2.45) is 10.9 Å². The van der Waals surface area contributed by atoms with Gasteiger partial charge in [0, 0.05) is 12.5 Å². The van der Waals surface area contributed by atoms with Crippen molar-refractivity contribution in [3.8, 4) is 0 Å². The molecule has 8 heteroatoms. The number of hydrogen-bond donors (Lipinski definition) is 4. The summed E-state index contributed by atoms with van der Waals surface area (Å²) in [6.07, 6.45) is -0.342. The summed E-state index contributed by atoms with van der Waals surface area (Å²) in [6.45, 7) is 0.300. The van der Waals surface area contributed by atoms with Gasteiger partial charge in [0.15, 0.2) is 11.6 Å². The topological polar surface area (TPSA) is 99.7 Å². The van der Waals surface area contributed by atoms with E-state index >= 15 is 0 Å². The highest BCUT2D eigenvalue weighted by molar-refractivity contribution is 5.90. The fourth-order valence-corrected chi connectivity index (χ4v) is 2.48. The molecule has 1 fully saturated rings. The van der Waals surface area contributed by atoms with Crippen LogP contribution in [0.2, 0.25) is 0 Å². The molecule has 2 unspecified atom stereocenters. The normalized spacial score (nSPS) is 24.2. The molecular weight excluding hydrogens is 282 g/mol. The Morgan fingerprint density at radius 2 is 2.19 bits per heavy atom. The number of halogens is 2. The Balaban J connectivity index is 2.19. The zero-order valence-electron chi connectivity index (χ0n) is 11.1. The molecule has 0 radical (unpaired) electrons. The number of nitrogens with one attached hydrogen (secondary N) is 2. The fraction of sp³-hybridized carbons (Fsp3) is 0.385. The van der Waals surface area contributed by atoms with Crippen molar-refractivity contribution in [3.05, 3.63) is 35.4 Å². The van der Waals surface area contributed by atoms with Crippen molar-refractivity contribution < 1.29 is 18.7 Å². The predicted octanol–water partition coefficient (Wildman–Crippen LogP) is 1.34. The van der Waals surface area contributed by atoms with Crippen LogP contribution in [0.5, 0.6) is 0 Å². The monoisotopic (exact) mass is 298 g/mol. The van der Waals surface area contributed by atoms with Crippen LogP contribution in [0, 0.1) is 11.6 Å². The second-order valence-electron chi connectivity index (χ2n) is 4.81. The molecule has 0 spiro atoms. The van der Waals surface area contributed by atoms with Crippen molar-refractivity contribution in [2.45, 2.75) is 24.8 Å². The second kappa shape index (κ2) is 6.38. The molecule has 1 saturated heterocycles. The third-order valence-corrected chi connectivity index (χ3v) is 3.52. The summed E-state index contributed by atoms with van der Waals surface area (Å²) < 4.78 is 27.1. The van der Waals surface area contributed by atoms with Crippen LogP contribution in [-0.4, -0.2) is 29.6 Å². The van der Waals surface area contributed by atoms with Gasteiger partial charge in [0.05, 0.1) is 6.04 Å². The Morgan fingerprint density at radius 1 is 1.43 bits per heavy atom. The highest BCUT2D eigenvalue weighted by atomic mass is 19.2. The van der Waals surface area contributed by atoms with E-state index in [0.29, 0.717) is 19.4 Å². The number of hydrazone groups is 1. The average molecular weight is 298 g/mol. The van der Waals surface area contributed by atoms with Crippen LogP contribution in [0.1, 0.15) is 24.3 Å². The van der Waals surface area contributed by atoms with E-state index in [4.69, 9.17) is 10.9 Å². The molecule has 1 aliphatic rings. The minimum Gasteiger partial charge on any atom is -0.465 e. The first-order valence-electron chi connectivity index (χ1n) is 6.48. The summed E-state index contributed by atoms with van der Waals surface area (Å²) in [4.78, 5) is 10.7. The van der Waals surface area contributed by atoms with Gasteiger partial charge in [-0.05, 0) is 24.5 Å². The first-order valence-corrected chi connectivity index (χ1v) is 6.48. The zero-order chi connectivity index (χ0) is 15.4. The maximum absolute atomic E-state index is 13.8. The van der Waals surface area contributed by atoms with Gasteiger partial charge in [-0.1, -0.05) is 12.1 Å². The van der Waals surface area contributed by atoms with E-state index < -0.39 is 23.8 Å². The summed E-state index contributed by atoms with van der Waals surface area (Å²) >= 11 is 0. The Morgan fingerprint density at radius 3 is 2.86 bits per heavy atom. The average Bonchev–Trinajstić information content (AvgIpc) is 2.64. The number of carboxylic acid groups (broad SMARTS) is 1. The first kappa shape index (κ1) is 15.0. The van der Waals surface area contributed by atoms with Crippen molar-refractivity contribution in [2.75, 3.05) is 6.54 Å². The molecule has 2 rings (SSSR count). The number of carbonyl (C=O) groups is 1. The zero-order valence-corrected chi connectivity index (χ0v) is 11.1. The summed E-state index contributed by atoms with van der Waals surface area (Å²) in [5.74, 6) is 3.46. The number of amidine groups is 1. The fourth-order valence-electron chi connectivity index (χ4n) is 2.48. The molecule has 21 heavy (non-hydrogen) atoms. The van der Waals surface area contributed by atoms with E-state index in [0.717, 1.165) is 6.07 Å². The highest BCUT2D eigenvalue weighted by Gasteiger charge is 2.27. The molecule has 1 heterocycles. The van der Waals surface area contributed by atoms with Crippen LogP contribution in [0.4, 0.5) is 13.6 Å². The van der Waals surface area contributed by atoms with Crippen LogP contribution in [0.3, 0.4) is 0 Å². The third kappa shape index (κ3) is 3.39. The minimum atomic E-state index is -1.20. The number of benzene rings is 1. The molecule has 5 N–H and O–H groups in total. The lowest BCUT2D eigenvalue weighted by Crippen LogP contribution is -2.45. The van der Waals surface area contributed by atoms with E-state index in [1.54, 1.807) is 0 Å². The Bertz CT molecular complexity index is 565. The molecule has 0 saturated carbocycles. The van der Waals surface area contributed by atoms with E-state index in [-0.39, 0.29) is 17.3 Å². The van der Waals surface area contributed by atoms with Gasteiger partial charge < -0.3 is 21.6 Å². The van der Waals surface area contributed by atoms with Crippen molar-refractivity contribution in [1.82, 2.24) is 10.6 Å². The van der Waals surface area contributed by atoms with Crippen molar-refractivity contribution in [1.29, 1.82) is 0 Å². The Kier molecular flexibility index (Phi) is 4.56. The molecule has 1 aliphatic heterocycles. The van der Waals surface area contributed by atoms with Crippen LogP contribution < -0.4 is 16.5 Å². The van der Waals surface area contributed by atoms with E-state index in [1.165, 1.54) is 12.1 Å². The smallest absolute Gasteiger partial charge is 0.405 e. The van der Waals surface area contributed by atoms with Crippen LogP contribution in [-0.2, 0) is 0 Å². The standard InChI is InChI=1S/C13H16F2N4O2/c14-9-3-1-2-8(11(9)15)7-4-5-10(18-13(20)21)12(19-16)17-6-7/h1-3,7,10,18H,4-6,16H2,(H,17,19)(H,20,21). The summed E-state index contributed by atoms with van der Waals surface area (Å²) in [7, 11) is 0. The largest absolute Gasteiger partial charge is 0.465 e. The van der Waals surface area contributed by atoms with Gasteiger partial charge in [0.25, 0.3) is 0 Å². The molecule has 6 nitrogen and oxygen atoms in total. The molecule has 2 atom stereocenters. The molecule has 1 aromatic carbocycles. The number of hydrogen-bond acceptors (Lipinski definition) is 3. The molecule has 1 amide bonds. The predicted molar refractivity (Wildman–Crippen MR) is 72.9 cm³/mol. The van der Waals surface area contributed by atoms with E-state index in [1.807, 2.05) is 0 Å². The SMILES string of the molecule is N/N=C1\NCC(c2cccc(F)c2F)CCC1NC(=O)O. The molecule has 0 bridgehead atoms. The Labute approximate surface area is 120 Å². The van der Waals surface area contributed by atoms with Crippen molar-refractivity contribution >= 4 is 11.9 Å². The quantitative estimate of drug-likeness (QED) is 0.489. The van der Waals surface area contributed by atoms with Gasteiger partial charge >= 0.3 is 6.09 Å². The lowest BCUT2D eigenvalue weighted by molar-refractivity contribution is 0.192. The lowest BCUT2D eigenvalue weighted by Gasteiger charge is -2.15. The Hall–Kier alpha value is -2.38. The molecule has 1 aromatic rings. The summed E-state index contributed by atoms with van der Waals surface area (Å²) in [5, 5.41) is 17.5. The van der Waals surface area contributed by atoms with Gasteiger partial charge in [0.1, 0.15) is 5.84 Å². The van der Waals surface area contributed by atoms with Gasteiger partial charge in [-0.3, -0.25) is 0 Å². The lowest BCUT2D eigenvalue weighted by atomic mass is 9.93. The van der Waals surface area contributed by atoms with Crippen LogP contribution >= 0.6 is 0 Å². The third-order valence-electron chi connectivity index (χ3n) is 3.52. The first-order chi connectivity index (χ1) is 10.0. The molecular formula is C13H16F2N4O2. The number of nitrogens with zero attached hydrogens (tertiary/aromatic N) is 1. The molecule has 0 aliphatic carbocycles. The minimum absolute atomic E-state index is 0.259. The van der Waals surface area contributed by atoms with Crippen LogP contribution in [0.25, 0.3) is 0 Å². The van der Waals surface area contributed by atoms with E-state index in [9.17, 15) is 13.6 Å². The number of nitrogens with two attached hydrogens (primary N) is 1. The summed E-state index contributed by atoms with van der Waals surface area (Å²) in [6, 6.07) is 3.44. The maximum Gasteiger partial charge on any atom is 0.405 e. The molecule has 0 aromatic heterocycles. The molecule has 114 valence electrons. The second-order valence-corrected chi connectivity index (χ2v) is 4.81. The van der Waals surface area contributed by atoms with Gasteiger partial charge in [-0.2, -0.15) is 5.10 Å². The van der Waals surface area contributed by atoms with E-state index in [2.05, 4.69) is 15.7 Å². The number of rotatable bonds is 2. The summed E-state index contributed by atoms with van der Waals surface area (Å²) in [5.41, 5.74) is 0.259. The van der Waals surface area contributed by atoms with Gasteiger partial charge in [-0.25, -0.2) is 13.6 Å². The maximum atomic E-state index is 13.8. The van der Waals surface area contributed by atoms with Gasteiger partial charge in [-0.15, -0.1) is 0 Å². The van der Waals surface area contributed by atoms with Crippen LogP contribution in [0.15, 0.2) is 23.3 Å². The van der Waals surface area contributed by atoms with Crippen molar-refractivity contribution in [3.63, 3.8) is 0 Å².